The van der Waals surface area contributed by atoms with Gasteiger partial charge in [-0.3, -0.25) is 4.98 Å². The molecule has 0 amide bonds. The lowest BCUT2D eigenvalue weighted by atomic mass is 10.2. The van der Waals surface area contributed by atoms with Crippen LogP contribution in [0.15, 0.2) is 18.3 Å². The molecule has 0 aromatic carbocycles. The van der Waals surface area contributed by atoms with E-state index in [1.165, 1.54) is 0 Å². The monoisotopic (exact) mass is 139 g/mol. The Morgan fingerprint density at radius 3 is 3.00 bits per heavy atom. The van der Waals surface area contributed by atoms with Gasteiger partial charge in [0.2, 0.25) is 0 Å². The second-order valence-corrected chi connectivity index (χ2v) is 2.14. The predicted molar refractivity (Wildman–Crippen MR) is 38.4 cm³/mol. The summed E-state index contributed by atoms with van der Waals surface area (Å²) in [4.78, 5) is 3.83. The molecule has 0 N–H and O–H groups in total. The van der Waals surface area contributed by atoms with Gasteiger partial charge in [-0.15, -0.1) is 0 Å². The van der Waals surface area contributed by atoms with Crippen LogP contribution in [0.5, 0.6) is 0 Å². The van der Waals surface area contributed by atoms with Gasteiger partial charge in [-0.05, 0) is 24.1 Å². The minimum atomic E-state index is -0.464. The smallest absolute Gasteiger partial charge is 0.131 e. The topological polar surface area (TPSA) is 12.9 Å². The van der Waals surface area contributed by atoms with Crippen LogP contribution in [-0.4, -0.2) is 4.98 Å². The van der Waals surface area contributed by atoms with Crippen LogP contribution in [0.1, 0.15) is 18.2 Å². The molecule has 0 spiro atoms. The molecule has 54 valence electrons. The summed E-state index contributed by atoms with van der Waals surface area (Å²) >= 11 is 0. The molecule has 0 unspecified atom stereocenters. The van der Waals surface area contributed by atoms with Gasteiger partial charge >= 0.3 is 0 Å². The van der Waals surface area contributed by atoms with E-state index in [0.29, 0.717) is 5.69 Å². The average Bonchev–Trinajstić information content (AvgIpc) is 2.05. The van der Waals surface area contributed by atoms with Crippen LogP contribution in [0.3, 0.4) is 0 Å². The first-order valence-electron chi connectivity index (χ1n) is 3.36. The van der Waals surface area contributed by atoms with E-state index in [-0.39, 0.29) is 0 Å². The fraction of sp³-hybridized carbons (Fsp3) is 0.375. The van der Waals surface area contributed by atoms with E-state index in [2.05, 4.69) is 4.98 Å². The molecule has 0 aliphatic rings. The molecule has 1 heterocycles. The lowest BCUT2D eigenvalue weighted by molar-refractivity contribution is 0.475. The molecule has 0 atom stereocenters. The highest BCUT2D eigenvalue weighted by Crippen LogP contribution is 2.02. The van der Waals surface area contributed by atoms with Crippen molar-refractivity contribution in [2.45, 2.75) is 20.0 Å². The van der Waals surface area contributed by atoms with Gasteiger partial charge in [0.15, 0.2) is 0 Å². The largest absolute Gasteiger partial charge is 0.258 e. The van der Waals surface area contributed by atoms with Crippen LogP contribution >= 0.6 is 0 Å². The van der Waals surface area contributed by atoms with Crippen molar-refractivity contribution in [3.63, 3.8) is 0 Å². The van der Waals surface area contributed by atoms with Crippen LogP contribution in [0, 0.1) is 0 Å². The minimum Gasteiger partial charge on any atom is -0.258 e. The number of aryl methyl sites for hydroxylation is 1. The van der Waals surface area contributed by atoms with Gasteiger partial charge in [-0.25, -0.2) is 4.39 Å². The summed E-state index contributed by atoms with van der Waals surface area (Å²) in [5.74, 6) is 0. The lowest BCUT2D eigenvalue weighted by Gasteiger charge is -1.96. The highest BCUT2D eigenvalue weighted by molar-refractivity contribution is 5.15. The maximum absolute atomic E-state index is 12.0. The third kappa shape index (κ3) is 1.53. The minimum absolute atomic E-state index is 0.464. The van der Waals surface area contributed by atoms with E-state index in [1.54, 1.807) is 12.3 Å². The van der Waals surface area contributed by atoms with Crippen molar-refractivity contribution in [3.05, 3.63) is 29.6 Å². The third-order valence-electron chi connectivity index (χ3n) is 1.43. The van der Waals surface area contributed by atoms with E-state index in [1.807, 2.05) is 13.0 Å². The molecule has 0 bridgehead atoms. The molecule has 1 nitrogen and oxygen atoms in total. The zero-order chi connectivity index (χ0) is 7.40. The summed E-state index contributed by atoms with van der Waals surface area (Å²) in [6, 6.07) is 3.69. The van der Waals surface area contributed by atoms with Crippen LogP contribution in [0.4, 0.5) is 4.39 Å². The van der Waals surface area contributed by atoms with Gasteiger partial charge in [0.05, 0.1) is 5.69 Å². The number of alkyl halides is 1. The van der Waals surface area contributed by atoms with Crippen LogP contribution in [0.25, 0.3) is 0 Å². The Kier molecular flexibility index (Phi) is 2.37. The van der Waals surface area contributed by atoms with Crippen molar-refractivity contribution in [3.8, 4) is 0 Å². The Bertz CT molecular complexity index is 191. The highest BCUT2D eigenvalue weighted by atomic mass is 19.1. The van der Waals surface area contributed by atoms with Gasteiger partial charge in [-0.1, -0.05) is 6.92 Å². The number of aromatic nitrogens is 1. The van der Waals surface area contributed by atoms with Gasteiger partial charge in [0, 0.05) is 6.20 Å². The summed E-state index contributed by atoms with van der Waals surface area (Å²) in [7, 11) is 0. The molecule has 0 aliphatic carbocycles. The molecule has 0 radical (unpaired) electrons. The normalized spacial score (nSPS) is 9.80. The van der Waals surface area contributed by atoms with E-state index >= 15 is 0 Å². The molecule has 0 aliphatic heterocycles. The molecule has 1 rings (SSSR count). The number of hydrogen-bond acceptors (Lipinski definition) is 1. The standard InChI is InChI=1S/C8H10FN/c1-2-7-3-4-10-8(5-7)6-9/h3-5H,2,6H2,1H3. The predicted octanol–water partition coefficient (Wildman–Crippen LogP) is 2.11. The lowest BCUT2D eigenvalue weighted by Crippen LogP contribution is -1.87. The fourth-order valence-corrected chi connectivity index (χ4v) is 0.821. The van der Waals surface area contributed by atoms with Crippen molar-refractivity contribution in [1.29, 1.82) is 0 Å². The van der Waals surface area contributed by atoms with Gasteiger partial charge in [0.25, 0.3) is 0 Å². The van der Waals surface area contributed by atoms with Crippen molar-refractivity contribution < 1.29 is 4.39 Å². The zero-order valence-corrected chi connectivity index (χ0v) is 5.97. The maximum atomic E-state index is 12.0. The summed E-state index contributed by atoms with van der Waals surface area (Å²) in [6.07, 6.45) is 2.59. The number of nitrogens with zero attached hydrogens (tertiary/aromatic N) is 1. The van der Waals surface area contributed by atoms with Gasteiger partial charge in [0.1, 0.15) is 6.67 Å². The molecular formula is C8H10FN. The zero-order valence-electron chi connectivity index (χ0n) is 5.97. The molecule has 0 saturated heterocycles. The Balaban J connectivity index is 2.87. The summed E-state index contributed by atoms with van der Waals surface area (Å²) in [5, 5.41) is 0. The first-order chi connectivity index (χ1) is 4.86. The van der Waals surface area contributed by atoms with Crippen molar-refractivity contribution in [1.82, 2.24) is 4.98 Å². The summed E-state index contributed by atoms with van der Waals surface area (Å²) in [6.45, 7) is 1.57. The molecule has 0 saturated carbocycles. The van der Waals surface area contributed by atoms with Crippen molar-refractivity contribution in [2.75, 3.05) is 0 Å². The quantitative estimate of drug-likeness (QED) is 0.611. The fourth-order valence-electron chi connectivity index (χ4n) is 0.821. The number of hydrogen-bond donors (Lipinski definition) is 0. The average molecular weight is 139 g/mol. The van der Waals surface area contributed by atoms with E-state index in [4.69, 9.17) is 0 Å². The van der Waals surface area contributed by atoms with E-state index < -0.39 is 6.67 Å². The molecule has 10 heavy (non-hydrogen) atoms. The first-order valence-corrected chi connectivity index (χ1v) is 3.36. The van der Waals surface area contributed by atoms with Crippen LogP contribution < -0.4 is 0 Å². The first kappa shape index (κ1) is 7.19. The van der Waals surface area contributed by atoms with Gasteiger partial charge in [-0.2, -0.15) is 0 Å². The van der Waals surface area contributed by atoms with E-state index in [0.717, 1.165) is 12.0 Å². The number of rotatable bonds is 2. The second-order valence-electron chi connectivity index (χ2n) is 2.14. The van der Waals surface area contributed by atoms with Crippen molar-refractivity contribution >= 4 is 0 Å². The van der Waals surface area contributed by atoms with Crippen molar-refractivity contribution in [2.24, 2.45) is 0 Å². The maximum Gasteiger partial charge on any atom is 0.131 e. The van der Waals surface area contributed by atoms with Crippen LogP contribution in [0.2, 0.25) is 0 Å². The van der Waals surface area contributed by atoms with E-state index in [9.17, 15) is 4.39 Å². The molecular weight excluding hydrogens is 129 g/mol. The Morgan fingerprint density at radius 2 is 2.40 bits per heavy atom. The molecule has 0 fully saturated rings. The number of halogens is 1. The number of pyridine rings is 1. The SMILES string of the molecule is CCc1ccnc(CF)c1. The highest BCUT2D eigenvalue weighted by Gasteiger charge is 1.92. The Labute approximate surface area is 59.9 Å². The molecule has 2 heteroatoms. The van der Waals surface area contributed by atoms with Crippen LogP contribution in [-0.2, 0) is 13.1 Å². The Hall–Kier alpha value is -0.920. The second kappa shape index (κ2) is 3.30. The molecule has 1 aromatic heterocycles. The Morgan fingerprint density at radius 1 is 1.60 bits per heavy atom. The third-order valence-corrected chi connectivity index (χ3v) is 1.43. The molecule has 1 aromatic rings. The van der Waals surface area contributed by atoms with Gasteiger partial charge < -0.3 is 0 Å². The summed E-state index contributed by atoms with van der Waals surface area (Å²) < 4.78 is 12.0. The summed E-state index contributed by atoms with van der Waals surface area (Å²) in [5.41, 5.74) is 1.67.